The molecule has 1 aromatic heterocycles. The van der Waals surface area contributed by atoms with Gasteiger partial charge in [-0.3, -0.25) is 4.79 Å². The van der Waals surface area contributed by atoms with Crippen LogP contribution in [0.2, 0.25) is 8.67 Å². The summed E-state index contributed by atoms with van der Waals surface area (Å²) in [6, 6.07) is 1.63. The van der Waals surface area contributed by atoms with Crippen LogP contribution in [0.5, 0.6) is 0 Å². The van der Waals surface area contributed by atoms with Crippen LogP contribution >= 0.6 is 46.8 Å². The van der Waals surface area contributed by atoms with Crippen LogP contribution in [0.25, 0.3) is 0 Å². The molecule has 0 radical (unpaired) electrons. The van der Waals surface area contributed by atoms with Gasteiger partial charge in [0.1, 0.15) is 4.34 Å². The maximum atomic E-state index is 12.3. The van der Waals surface area contributed by atoms with E-state index in [1.807, 2.05) is 13.8 Å². The predicted octanol–water partition coefficient (Wildman–Crippen LogP) is 3.58. The zero-order valence-electron chi connectivity index (χ0n) is 10.1. The molecule has 0 saturated heterocycles. The number of hydrogen-bond acceptors (Lipinski definition) is 3. The fraction of sp³-hybridized carbons (Fsp3) is 0.455. The molecule has 18 heavy (non-hydrogen) atoms. The second kappa shape index (κ2) is 6.70. The zero-order valence-corrected chi connectivity index (χ0v) is 13.2. The van der Waals surface area contributed by atoms with Gasteiger partial charge in [0, 0.05) is 19.0 Å². The summed E-state index contributed by atoms with van der Waals surface area (Å²) >= 11 is 17.8. The molecule has 3 nitrogen and oxygen atoms in total. The van der Waals surface area contributed by atoms with E-state index in [9.17, 15) is 4.79 Å². The van der Waals surface area contributed by atoms with E-state index in [1.54, 1.807) is 11.0 Å². The van der Waals surface area contributed by atoms with Crippen LogP contribution in [0, 0.1) is 0 Å². The number of nitrogens with two attached hydrogens (primary N) is 1. The number of halogens is 2. The molecule has 1 aromatic rings. The zero-order chi connectivity index (χ0) is 13.9. The van der Waals surface area contributed by atoms with E-state index >= 15 is 0 Å². The first kappa shape index (κ1) is 15.7. The first-order chi connectivity index (χ1) is 8.32. The van der Waals surface area contributed by atoms with E-state index in [0.29, 0.717) is 32.2 Å². The molecule has 2 N–H and O–H groups in total. The Morgan fingerprint density at radius 1 is 1.56 bits per heavy atom. The van der Waals surface area contributed by atoms with Crippen molar-refractivity contribution in [3.05, 3.63) is 20.3 Å². The number of carbonyl (C=O) groups is 1. The smallest absolute Gasteiger partial charge is 0.256 e. The molecular formula is C11H14Cl2N2OS2. The monoisotopic (exact) mass is 324 g/mol. The van der Waals surface area contributed by atoms with Gasteiger partial charge in [0.25, 0.3) is 5.91 Å². The van der Waals surface area contributed by atoms with Gasteiger partial charge in [-0.2, -0.15) is 0 Å². The lowest BCUT2D eigenvalue weighted by atomic mass is 10.2. The highest BCUT2D eigenvalue weighted by Gasteiger charge is 2.22. The molecule has 7 heteroatoms. The lowest BCUT2D eigenvalue weighted by Gasteiger charge is -2.26. The fourth-order valence-corrected chi connectivity index (χ4v) is 3.00. The Balaban J connectivity index is 2.89. The summed E-state index contributed by atoms with van der Waals surface area (Å²) in [7, 11) is 0. The third-order valence-corrected chi connectivity index (χ3v) is 4.06. The van der Waals surface area contributed by atoms with Gasteiger partial charge >= 0.3 is 0 Å². The summed E-state index contributed by atoms with van der Waals surface area (Å²) in [5.74, 6) is -0.144. The number of thiocarbonyl (C=S) groups is 1. The third-order valence-electron chi connectivity index (χ3n) is 2.37. The van der Waals surface area contributed by atoms with E-state index in [2.05, 4.69) is 0 Å². The minimum absolute atomic E-state index is 0.0431. The maximum Gasteiger partial charge on any atom is 0.256 e. The quantitative estimate of drug-likeness (QED) is 0.842. The van der Waals surface area contributed by atoms with Crippen molar-refractivity contribution >= 4 is 57.7 Å². The first-order valence-electron chi connectivity index (χ1n) is 5.37. The standard InChI is InChI=1S/C11H14Cl2N2OS2/c1-6(2)15(4-3-9(14)17)11(16)7-5-8(12)18-10(7)13/h5-6H,3-4H2,1-2H3,(H2,14,17). The number of thiophene rings is 1. The van der Waals surface area contributed by atoms with Crippen molar-refractivity contribution < 1.29 is 4.79 Å². The summed E-state index contributed by atoms with van der Waals surface area (Å²) in [5, 5.41) is 0. The fourth-order valence-electron chi connectivity index (χ4n) is 1.47. The van der Waals surface area contributed by atoms with Gasteiger partial charge in [-0.15, -0.1) is 11.3 Å². The molecule has 1 amide bonds. The van der Waals surface area contributed by atoms with Crippen molar-refractivity contribution in [3.63, 3.8) is 0 Å². The van der Waals surface area contributed by atoms with Gasteiger partial charge in [0.05, 0.1) is 14.9 Å². The van der Waals surface area contributed by atoms with Crippen LogP contribution in [0.1, 0.15) is 30.6 Å². The van der Waals surface area contributed by atoms with Crippen molar-refractivity contribution in [3.8, 4) is 0 Å². The van der Waals surface area contributed by atoms with Crippen LogP contribution in [0.3, 0.4) is 0 Å². The van der Waals surface area contributed by atoms with E-state index in [-0.39, 0.29) is 11.9 Å². The molecule has 0 aliphatic carbocycles. The lowest BCUT2D eigenvalue weighted by Crippen LogP contribution is -2.38. The Morgan fingerprint density at radius 3 is 2.56 bits per heavy atom. The molecule has 0 saturated carbocycles. The summed E-state index contributed by atoms with van der Waals surface area (Å²) in [6.45, 7) is 4.34. The molecular weight excluding hydrogens is 311 g/mol. The normalized spacial score (nSPS) is 10.7. The van der Waals surface area contributed by atoms with Crippen LogP contribution in [-0.4, -0.2) is 28.4 Å². The van der Waals surface area contributed by atoms with Gasteiger partial charge in [0.2, 0.25) is 0 Å². The summed E-state index contributed by atoms with van der Waals surface area (Å²) in [4.78, 5) is 14.4. The molecule has 0 aliphatic heterocycles. The highest BCUT2D eigenvalue weighted by atomic mass is 35.5. The average molecular weight is 325 g/mol. The summed E-state index contributed by atoms with van der Waals surface area (Å²) < 4.78 is 0.910. The van der Waals surface area contributed by atoms with Crippen LogP contribution in [-0.2, 0) is 0 Å². The molecule has 0 spiro atoms. The van der Waals surface area contributed by atoms with Crippen molar-refractivity contribution in [2.24, 2.45) is 5.73 Å². The Kier molecular flexibility index (Phi) is 5.85. The van der Waals surface area contributed by atoms with Crippen LogP contribution in [0.15, 0.2) is 6.07 Å². The minimum Gasteiger partial charge on any atom is -0.393 e. The number of hydrogen-bond donors (Lipinski definition) is 1. The van der Waals surface area contributed by atoms with Gasteiger partial charge in [-0.05, 0) is 19.9 Å². The van der Waals surface area contributed by atoms with Crippen LogP contribution < -0.4 is 5.73 Å². The Labute approximate surface area is 126 Å². The Morgan fingerprint density at radius 2 is 2.17 bits per heavy atom. The number of carbonyl (C=O) groups excluding carboxylic acids is 1. The molecule has 1 rings (SSSR count). The first-order valence-corrected chi connectivity index (χ1v) is 7.35. The van der Waals surface area contributed by atoms with Gasteiger partial charge < -0.3 is 10.6 Å². The number of amides is 1. The third kappa shape index (κ3) is 4.09. The topological polar surface area (TPSA) is 46.3 Å². The van der Waals surface area contributed by atoms with E-state index in [4.69, 9.17) is 41.2 Å². The summed E-state index contributed by atoms with van der Waals surface area (Å²) in [5.41, 5.74) is 5.90. The van der Waals surface area contributed by atoms with Gasteiger partial charge in [-0.25, -0.2) is 0 Å². The largest absolute Gasteiger partial charge is 0.393 e. The van der Waals surface area contributed by atoms with Crippen LogP contribution in [0.4, 0.5) is 0 Å². The molecule has 0 aromatic carbocycles. The van der Waals surface area contributed by atoms with Crippen molar-refractivity contribution in [1.82, 2.24) is 4.90 Å². The van der Waals surface area contributed by atoms with Crippen molar-refractivity contribution in [2.75, 3.05) is 6.54 Å². The predicted molar refractivity (Wildman–Crippen MR) is 81.9 cm³/mol. The second-order valence-electron chi connectivity index (χ2n) is 4.05. The Bertz CT molecular complexity index is 460. The van der Waals surface area contributed by atoms with Gasteiger partial charge in [0.15, 0.2) is 0 Å². The SMILES string of the molecule is CC(C)N(CCC(N)=S)C(=O)c1cc(Cl)sc1Cl. The Hall–Kier alpha value is -0.360. The molecule has 0 unspecified atom stereocenters. The molecule has 0 aliphatic rings. The van der Waals surface area contributed by atoms with Crippen molar-refractivity contribution in [1.29, 1.82) is 0 Å². The molecule has 100 valence electrons. The maximum absolute atomic E-state index is 12.3. The average Bonchev–Trinajstić information content (AvgIpc) is 2.56. The number of nitrogens with zero attached hydrogens (tertiary/aromatic N) is 1. The van der Waals surface area contributed by atoms with E-state index in [0.717, 1.165) is 0 Å². The van der Waals surface area contributed by atoms with Crippen molar-refractivity contribution in [2.45, 2.75) is 26.3 Å². The molecule has 1 heterocycles. The summed E-state index contributed by atoms with van der Waals surface area (Å²) in [6.07, 6.45) is 0.495. The number of rotatable bonds is 5. The minimum atomic E-state index is -0.144. The molecule has 0 atom stereocenters. The highest BCUT2D eigenvalue weighted by molar-refractivity contribution is 7.80. The van der Waals surface area contributed by atoms with E-state index < -0.39 is 0 Å². The molecule has 0 bridgehead atoms. The second-order valence-corrected chi connectivity index (χ2v) is 6.86. The highest BCUT2D eigenvalue weighted by Crippen LogP contribution is 2.32. The lowest BCUT2D eigenvalue weighted by molar-refractivity contribution is 0.0712. The van der Waals surface area contributed by atoms with E-state index in [1.165, 1.54) is 11.3 Å². The van der Waals surface area contributed by atoms with Gasteiger partial charge in [-0.1, -0.05) is 35.4 Å². The molecule has 0 fully saturated rings.